The molecule has 11 aromatic rings. The van der Waals surface area contributed by atoms with E-state index in [0.29, 0.717) is 17.2 Å². The molecule has 0 saturated carbocycles. The van der Waals surface area contributed by atoms with Crippen LogP contribution in [0.25, 0.3) is 110 Å². The lowest BCUT2D eigenvalue weighted by molar-refractivity contribution is 1.04. The Bertz CT molecular complexity index is 3080. The average molecular weight is 714 g/mol. The first-order valence-electron chi connectivity index (χ1n) is 17.5. The van der Waals surface area contributed by atoms with E-state index in [4.69, 9.17) is 20.2 Å². The van der Waals surface area contributed by atoms with Crippen molar-refractivity contribution in [2.75, 3.05) is 0 Å². The molecular weight excluding hydrogens is 687 g/mol. The largest absolute Gasteiger partial charge is 0.354 e. The molecule has 5 aromatic carbocycles. The number of nitrogens with one attached hydrogen (secondary N) is 3. The van der Waals surface area contributed by atoms with Crippen molar-refractivity contribution in [1.29, 1.82) is 0 Å². The molecule has 10 heteroatoms. The number of para-hydroxylation sites is 4. The van der Waals surface area contributed by atoms with Gasteiger partial charge in [0.25, 0.3) is 0 Å². The monoisotopic (exact) mass is 713 g/mol. The topological polar surface area (TPSA) is 125 Å². The molecule has 6 heterocycles. The number of hydrogen-bond donors (Lipinski definition) is 3. The number of nitrogens with zero attached hydrogens (tertiary/aromatic N) is 6. The highest BCUT2D eigenvalue weighted by molar-refractivity contribution is 7.22. The average Bonchev–Trinajstić information content (AvgIpc) is 4.04. The van der Waals surface area contributed by atoms with Gasteiger partial charge in [-0.1, -0.05) is 66.7 Å². The second-order valence-corrected chi connectivity index (χ2v) is 14.2. The van der Waals surface area contributed by atoms with E-state index >= 15 is 0 Å². The van der Waals surface area contributed by atoms with Crippen LogP contribution in [-0.4, -0.2) is 45.3 Å². The Hall–Kier alpha value is -7.30. The molecule has 0 aliphatic rings. The van der Waals surface area contributed by atoms with Gasteiger partial charge in [0.2, 0.25) is 0 Å². The summed E-state index contributed by atoms with van der Waals surface area (Å²) in [7, 11) is 0. The van der Waals surface area contributed by atoms with Crippen LogP contribution in [0.2, 0.25) is 0 Å². The standard InChI is InChI=1S/C44H27N9S/c1-4-13-28-25(10-1)22-33(48-28)38-39(34-24-45-20-21-46-34)37(32-17-9-19-47-51-32)40(36-23-26-11-2-8-18-35(26)54-36)42(44-49-30-15-6-7-16-31(30)50-44)41(38)43-27-12-3-5-14-29(27)52-53-43/h1-24,48H,(H,49,50)(H,52,53). The zero-order valence-corrected chi connectivity index (χ0v) is 29.3. The Balaban J connectivity index is 1.44. The smallest absolute Gasteiger partial charge is 0.139 e. The van der Waals surface area contributed by atoms with E-state index in [0.717, 1.165) is 87.9 Å². The molecule has 0 saturated heterocycles. The molecule has 0 aliphatic carbocycles. The Morgan fingerprint density at radius 3 is 2.17 bits per heavy atom. The highest BCUT2D eigenvalue weighted by Gasteiger charge is 2.34. The molecule has 0 spiro atoms. The van der Waals surface area contributed by atoms with Gasteiger partial charge < -0.3 is 9.97 Å². The summed E-state index contributed by atoms with van der Waals surface area (Å²) in [4.78, 5) is 23.5. The maximum Gasteiger partial charge on any atom is 0.139 e. The van der Waals surface area contributed by atoms with E-state index in [-0.39, 0.29) is 0 Å². The fourth-order valence-electron chi connectivity index (χ4n) is 7.65. The lowest BCUT2D eigenvalue weighted by atomic mass is 9.80. The van der Waals surface area contributed by atoms with E-state index in [1.807, 2.05) is 48.7 Å². The summed E-state index contributed by atoms with van der Waals surface area (Å²) in [6, 6.07) is 41.6. The van der Waals surface area contributed by atoms with Crippen LogP contribution in [0.15, 0.2) is 146 Å². The van der Waals surface area contributed by atoms with Gasteiger partial charge in [-0.2, -0.15) is 15.3 Å². The summed E-state index contributed by atoms with van der Waals surface area (Å²) in [5.41, 5.74) is 12.1. The van der Waals surface area contributed by atoms with Gasteiger partial charge in [0.05, 0.1) is 34.1 Å². The number of fused-ring (bicyclic) bond motifs is 4. The number of H-pyrrole nitrogens is 3. The Labute approximate surface area is 311 Å². The minimum atomic E-state index is 0.686. The molecule has 11 rings (SSSR count). The van der Waals surface area contributed by atoms with Crippen molar-refractivity contribution in [3.8, 4) is 66.9 Å². The maximum atomic E-state index is 5.33. The number of aromatic amines is 3. The highest BCUT2D eigenvalue weighted by Crippen LogP contribution is 2.56. The fourth-order valence-corrected chi connectivity index (χ4v) is 8.77. The van der Waals surface area contributed by atoms with Crippen LogP contribution in [-0.2, 0) is 0 Å². The highest BCUT2D eigenvalue weighted by atomic mass is 32.1. The molecule has 0 radical (unpaired) electrons. The Morgan fingerprint density at radius 1 is 0.556 bits per heavy atom. The molecule has 0 bridgehead atoms. The van der Waals surface area contributed by atoms with Crippen molar-refractivity contribution in [3.05, 3.63) is 146 Å². The van der Waals surface area contributed by atoms with Gasteiger partial charge in [-0.3, -0.25) is 15.1 Å². The fraction of sp³-hybridized carbons (Fsp3) is 0. The van der Waals surface area contributed by atoms with Crippen LogP contribution in [0, 0.1) is 0 Å². The second-order valence-electron chi connectivity index (χ2n) is 13.1. The number of thiophene rings is 1. The van der Waals surface area contributed by atoms with Gasteiger partial charge in [-0.25, -0.2) is 4.98 Å². The molecule has 0 aliphatic heterocycles. The number of benzene rings is 5. The van der Waals surface area contributed by atoms with Gasteiger partial charge in [0.15, 0.2) is 0 Å². The molecule has 6 aromatic heterocycles. The molecule has 0 fully saturated rings. The van der Waals surface area contributed by atoms with Gasteiger partial charge in [-0.05, 0) is 60.0 Å². The molecule has 3 N–H and O–H groups in total. The van der Waals surface area contributed by atoms with Crippen molar-refractivity contribution in [3.63, 3.8) is 0 Å². The van der Waals surface area contributed by atoms with Crippen molar-refractivity contribution in [2.24, 2.45) is 0 Å². The summed E-state index contributed by atoms with van der Waals surface area (Å²) >= 11 is 1.73. The third-order valence-corrected chi connectivity index (χ3v) is 11.1. The van der Waals surface area contributed by atoms with Crippen LogP contribution < -0.4 is 0 Å². The van der Waals surface area contributed by atoms with Crippen molar-refractivity contribution in [1.82, 2.24) is 45.3 Å². The van der Waals surface area contributed by atoms with Crippen LogP contribution >= 0.6 is 11.3 Å². The van der Waals surface area contributed by atoms with E-state index < -0.39 is 0 Å². The molecule has 254 valence electrons. The van der Waals surface area contributed by atoms with Crippen LogP contribution in [0.5, 0.6) is 0 Å². The Kier molecular flexibility index (Phi) is 6.82. The van der Waals surface area contributed by atoms with Crippen LogP contribution in [0.1, 0.15) is 0 Å². The number of rotatable bonds is 6. The molecular formula is C44H27N9S. The third kappa shape index (κ3) is 4.78. The summed E-state index contributed by atoms with van der Waals surface area (Å²) in [6.07, 6.45) is 6.96. The zero-order chi connectivity index (χ0) is 35.6. The predicted octanol–water partition coefficient (Wildman–Crippen LogP) is 10.7. The number of aromatic nitrogens is 9. The number of hydrogen-bond acceptors (Lipinski definition) is 7. The van der Waals surface area contributed by atoms with Crippen molar-refractivity contribution in [2.45, 2.75) is 0 Å². The molecule has 0 unspecified atom stereocenters. The molecule has 54 heavy (non-hydrogen) atoms. The van der Waals surface area contributed by atoms with E-state index in [1.165, 1.54) is 4.70 Å². The quantitative estimate of drug-likeness (QED) is 0.158. The minimum Gasteiger partial charge on any atom is -0.354 e. The maximum absolute atomic E-state index is 5.33. The van der Waals surface area contributed by atoms with Crippen LogP contribution in [0.3, 0.4) is 0 Å². The Morgan fingerprint density at radius 2 is 1.35 bits per heavy atom. The molecule has 9 nitrogen and oxygen atoms in total. The van der Waals surface area contributed by atoms with Crippen LogP contribution in [0.4, 0.5) is 0 Å². The van der Waals surface area contributed by atoms with E-state index in [2.05, 4.69) is 104 Å². The predicted molar refractivity (Wildman–Crippen MR) is 217 cm³/mol. The first kappa shape index (κ1) is 30.3. The zero-order valence-electron chi connectivity index (χ0n) is 28.4. The van der Waals surface area contributed by atoms with Crippen molar-refractivity contribution >= 4 is 54.3 Å². The van der Waals surface area contributed by atoms with E-state index in [9.17, 15) is 0 Å². The third-order valence-electron chi connectivity index (χ3n) is 9.95. The van der Waals surface area contributed by atoms with Gasteiger partial charge in [0, 0.05) is 83.5 Å². The molecule has 0 amide bonds. The SMILES string of the molecule is c1cnnc(-c2c(-c3cnccn3)c(-c3cc4ccccc4[nH]3)c(-c3n[nH]c4ccccc34)c(-c3nc4ccccc4[nH]3)c2-c2cc3ccccc3s2)c1. The lowest BCUT2D eigenvalue weighted by Gasteiger charge is -2.24. The summed E-state index contributed by atoms with van der Waals surface area (Å²) in [5, 5.41) is 20.9. The number of imidazole rings is 1. The first-order chi connectivity index (χ1) is 26.8. The summed E-state index contributed by atoms with van der Waals surface area (Å²) < 4.78 is 1.17. The van der Waals surface area contributed by atoms with E-state index in [1.54, 1.807) is 29.9 Å². The lowest BCUT2D eigenvalue weighted by Crippen LogP contribution is -2.04. The summed E-state index contributed by atoms with van der Waals surface area (Å²) in [5.74, 6) is 0.707. The summed E-state index contributed by atoms with van der Waals surface area (Å²) in [6.45, 7) is 0. The van der Waals surface area contributed by atoms with Gasteiger partial charge in [0.1, 0.15) is 11.5 Å². The van der Waals surface area contributed by atoms with Gasteiger partial charge in [-0.15, -0.1) is 11.3 Å². The van der Waals surface area contributed by atoms with Crippen molar-refractivity contribution < 1.29 is 0 Å². The normalized spacial score (nSPS) is 11.7. The second kappa shape index (κ2) is 12.1. The molecule has 0 atom stereocenters. The first-order valence-corrected chi connectivity index (χ1v) is 18.3. The minimum absolute atomic E-state index is 0.686. The van der Waals surface area contributed by atoms with Gasteiger partial charge >= 0.3 is 0 Å².